The van der Waals surface area contributed by atoms with Crippen LogP contribution in [-0.2, 0) is 19.6 Å². The summed E-state index contributed by atoms with van der Waals surface area (Å²) in [6, 6.07) is 8.23. The zero-order chi connectivity index (χ0) is 15.9. The molecule has 0 saturated carbocycles. The van der Waals surface area contributed by atoms with E-state index in [1.807, 2.05) is 12.1 Å². The van der Waals surface area contributed by atoms with Crippen molar-refractivity contribution in [3.05, 3.63) is 35.7 Å². The quantitative estimate of drug-likeness (QED) is 0.684. The van der Waals surface area contributed by atoms with E-state index >= 15 is 0 Å². The summed E-state index contributed by atoms with van der Waals surface area (Å²) in [5.41, 5.74) is 1.32. The number of hydrogen-bond acceptors (Lipinski definition) is 4. The highest BCUT2D eigenvalue weighted by Gasteiger charge is 2.12. The summed E-state index contributed by atoms with van der Waals surface area (Å²) in [5.74, 6) is 3.45. The molecule has 0 unspecified atom stereocenters. The molecule has 22 heavy (non-hydrogen) atoms. The van der Waals surface area contributed by atoms with Crippen LogP contribution in [0.2, 0.25) is 0 Å². The van der Waals surface area contributed by atoms with Gasteiger partial charge >= 0.3 is 0 Å². The number of nitrogens with zero attached hydrogens (tertiary/aromatic N) is 3. The van der Waals surface area contributed by atoms with E-state index in [9.17, 15) is 0 Å². The van der Waals surface area contributed by atoms with E-state index in [2.05, 4.69) is 54.6 Å². The summed E-state index contributed by atoms with van der Waals surface area (Å²) in [6.07, 6.45) is 1.04. The van der Waals surface area contributed by atoms with Gasteiger partial charge in [0.15, 0.2) is 11.0 Å². The van der Waals surface area contributed by atoms with E-state index in [-0.39, 0.29) is 0 Å². The lowest BCUT2D eigenvalue weighted by molar-refractivity contribution is 0.288. The third-order valence-corrected chi connectivity index (χ3v) is 4.75. The molecule has 120 valence electrons. The van der Waals surface area contributed by atoms with Crippen molar-refractivity contribution in [2.75, 3.05) is 5.75 Å². The normalized spacial score (nSPS) is 11.1. The molecule has 0 bridgehead atoms. The van der Waals surface area contributed by atoms with Gasteiger partial charge in [-0.25, -0.2) is 0 Å². The minimum atomic E-state index is 0.453. The minimum Gasteiger partial charge on any atom is -0.486 e. The molecule has 1 heterocycles. The number of hydrogen-bond donors (Lipinski definition) is 0. The molecule has 1 aromatic carbocycles. The summed E-state index contributed by atoms with van der Waals surface area (Å²) < 4.78 is 7.97. The Morgan fingerprint density at radius 1 is 1.14 bits per heavy atom. The summed E-state index contributed by atoms with van der Waals surface area (Å²) in [5, 5.41) is 9.56. The van der Waals surface area contributed by atoms with Crippen LogP contribution >= 0.6 is 11.8 Å². The van der Waals surface area contributed by atoms with Gasteiger partial charge in [0.1, 0.15) is 12.4 Å². The van der Waals surface area contributed by atoms with E-state index in [1.165, 1.54) is 5.56 Å². The molecule has 2 aromatic rings. The standard InChI is InChI=1S/C17H25N3OS/c1-5-14-7-9-15(10-8-14)21-11-16-18-19-17(20(16)6-2)22-12-13(3)4/h7-10,13H,5-6,11-12H2,1-4H3. The predicted molar refractivity (Wildman–Crippen MR) is 91.4 cm³/mol. The van der Waals surface area contributed by atoms with Crippen molar-refractivity contribution in [3.63, 3.8) is 0 Å². The number of aryl methyl sites for hydroxylation is 1. The van der Waals surface area contributed by atoms with Crippen molar-refractivity contribution in [3.8, 4) is 5.75 Å². The van der Waals surface area contributed by atoms with Crippen LogP contribution < -0.4 is 4.74 Å². The Morgan fingerprint density at radius 3 is 2.45 bits per heavy atom. The number of thioether (sulfide) groups is 1. The topological polar surface area (TPSA) is 39.9 Å². The Morgan fingerprint density at radius 2 is 1.86 bits per heavy atom. The van der Waals surface area contributed by atoms with E-state index in [0.29, 0.717) is 12.5 Å². The molecule has 0 aliphatic heterocycles. The molecule has 0 fully saturated rings. The van der Waals surface area contributed by atoms with Crippen LogP contribution in [0.3, 0.4) is 0 Å². The summed E-state index contributed by atoms with van der Waals surface area (Å²) in [6.45, 7) is 10.0. The van der Waals surface area contributed by atoms with Gasteiger partial charge in [-0.15, -0.1) is 10.2 Å². The van der Waals surface area contributed by atoms with Crippen molar-refractivity contribution >= 4 is 11.8 Å². The van der Waals surface area contributed by atoms with Gasteiger partial charge in [0.2, 0.25) is 0 Å². The maximum absolute atomic E-state index is 5.84. The third-order valence-electron chi connectivity index (χ3n) is 3.35. The summed E-state index contributed by atoms with van der Waals surface area (Å²) in [4.78, 5) is 0. The van der Waals surface area contributed by atoms with Gasteiger partial charge in [0, 0.05) is 12.3 Å². The molecule has 0 saturated heterocycles. The number of benzene rings is 1. The second-order valence-electron chi connectivity index (χ2n) is 5.63. The average molecular weight is 319 g/mol. The lowest BCUT2D eigenvalue weighted by Gasteiger charge is -2.09. The van der Waals surface area contributed by atoms with Crippen LogP contribution in [-0.4, -0.2) is 20.5 Å². The van der Waals surface area contributed by atoms with Crippen molar-refractivity contribution < 1.29 is 4.74 Å². The fourth-order valence-electron chi connectivity index (χ4n) is 2.06. The van der Waals surface area contributed by atoms with Gasteiger partial charge in [-0.05, 0) is 37.0 Å². The molecule has 0 aliphatic rings. The molecule has 1 aromatic heterocycles. The van der Waals surface area contributed by atoms with Gasteiger partial charge in [0.25, 0.3) is 0 Å². The van der Waals surface area contributed by atoms with Crippen LogP contribution in [0.5, 0.6) is 5.75 Å². The largest absolute Gasteiger partial charge is 0.486 e. The average Bonchev–Trinajstić information content (AvgIpc) is 2.93. The molecule has 5 heteroatoms. The SMILES string of the molecule is CCc1ccc(OCc2nnc(SCC(C)C)n2CC)cc1. The fraction of sp³-hybridized carbons (Fsp3) is 0.529. The Bertz CT molecular complexity index is 578. The highest BCUT2D eigenvalue weighted by molar-refractivity contribution is 7.99. The van der Waals surface area contributed by atoms with Crippen LogP contribution in [0.4, 0.5) is 0 Å². The molecule has 0 N–H and O–H groups in total. The lowest BCUT2D eigenvalue weighted by atomic mass is 10.2. The molecule has 0 radical (unpaired) electrons. The molecule has 0 amide bonds. The second kappa shape index (κ2) is 8.22. The zero-order valence-electron chi connectivity index (χ0n) is 13.9. The highest BCUT2D eigenvalue weighted by Crippen LogP contribution is 2.21. The molecule has 0 spiro atoms. The first-order chi connectivity index (χ1) is 10.6. The van der Waals surface area contributed by atoms with Crippen LogP contribution in [0.15, 0.2) is 29.4 Å². The molecule has 4 nitrogen and oxygen atoms in total. The van der Waals surface area contributed by atoms with E-state index < -0.39 is 0 Å². The monoisotopic (exact) mass is 319 g/mol. The van der Waals surface area contributed by atoms with Crippen molar-refractivity contribution in [2.24, 2.45) is 5.92 Å². The first-order valence-corrected chi connectivity index (χ1v) is 8.89. The Balaban J connectivity index is 1.99. The van der Waals surface area contributed by atoms with Crippen LogP contribution in [0.25, 0.3) is 0 Å². The van der Waals surface area contributed by atoms with E-state index in [0.717, 1.165) is 35.4 Å². The van der Waals surface area contributed by atoms with Gasteiger partial charge in [0.05, 0.1) is 0 Å². The molecule has 2 rings (SSSR count). The minimum absolute atomic E-state index is 0.453. The van der Waals surface area contributed by atoms with Gasteiger partial charge in [-0.2, -0.15) is 0 Å². The van der Waals surface area contributed by atoms with Crippen molar-refractivity contribution in [1.29, 1.82) is 0 Å². The number of rotatable bonds is 8. The van der Waals surface area contributed by atoms with E-state index in [4.69, 9.17) is 4.74 Å². The van der Waals surface area contributed by atoms with Gasteiger partial charge in [-0.3, -0.25) is 0 Å². The maximum atomic E-state index is 5.84. The van der Waals surface area contributed by atoms with Crippen LogP contribution in [0.1, 0.15) is 39.1 Å². The Kier molecular flexibility index (Phi) is 6.31. The second-order valence-corrected chi connectivity index (χ2v) is 6.62. The Hall–Kier alpha value is -1.49. The Labute approximate surface area is 137 Å². The van der Waals surface area contributed by atoms with Gasteiger partial charge in [-0.1, -0.05) is 44.7 Å². The number of aromatic nitrogens is 3. The molecular weight excluding hydrogens is 294 g/mol. The summed E-state index contributed by atoms with van der Waals surface area (Å²) >= 11 is 1.76. The molecule has 0 aliphatic carbocycles. The van der Waals surface area contributed by atoms with Crippen LogP contribution in [0, 0.1) is 5.92 Å². The van der Waals surface area contributed by atoms with Crippen molar-refractivity contribution in [1.82, 2.24) is 14.8 Å². The maximum Gasteiger partial charge on any atom is 0.191 e. The van der Waals surface area contributed by atoms with Crippen molar-refractivity contribution in [2.45, 2.75) is 52.4 Å². The number of ether oxygens (including phenoxy) is 1. The predicted octanol–water partition coefficient (Wildman–Crippen LogP) is 4.19. The lowest BCUT2D eigenvalue weighted by Crippen LogP contribution is -2.07. The smallest absolute Gasteiger partial charge is 0.191 e. The third kappa shape index (κ3) is 4.50. The summed E-state index contributed by atoms with van der Waals surface area (Å²) in [7, 11) is 0. The van der Waals surface area contributed by atoms with Gasteiger partial charge < -0.3 is 9.30 Å². The highest BCUT2D eigenvalue weighted by atomic mass is 32.2. The molecular formula is C17H25N3OS. The fourth-order valence-corrected chi connectivity index (χ4v) is 3.03. The van der Waals surface area contributed by atoms with E-state index in [1.54, 1.807) is 11.8 Å². The molecule has 0 atom stereocenters. The first kappa shape index (κ1) is 16.9. The zero-order valence-corrected chi connectivity index (χ0v) is 14.7. The first-order valence-electron chi connectivity index (χ1n) is 7.90.